The minimum atomic E-state index is -0.792. The fourth-order valence-corrected chi connectivity index (χ4v) is 2.23. The average Bonchev–Trinajstić information content (AvgIpc) is 2.92. The summed E-state index contributed by atoms with van der Waals surface area (Å²) < 4.78 is 8.21. The van der Waals surface area contributed by atoms with Crippen LogP contribution >= 0.6 is 0 Å². The smallest absolute Gasteiger partial charge is 0.357 e. The number of aliphatic hydroxyl groups excluding tert-OH is 2. The topological polar surface area (TPSA) is 128 Å². The van der Waals surface area contributed by atoms with Crippen molar-refractivity contribution in [3.05, 3.63) is 22.9 Å². The molecule has 3 heterocycles. The van der Waals surface area contributed by atoms with E-state index in [1.54, 1.807) is 6.20 Å². The largest absolute Gasteiger partial charge is 0.394 e. The first kappa shape index (κ1) is 12.1. The zero-order valence-corrected chi connectivity index (χ0v) is 9.88. The molecule has 1 aliphatic heterocycles. The van der Waals surface area contributed by atoms with Gasteiger partial charge in [0.05, 0.1) is 12.7 Å². The van der Waals surface area contributed by atoms with Gasteiger partial charge in [-0.25, -0.2) is 9.20 Å². The molecule has 0 radical (unpaired) electrons. The van der Waals surface area contributed by atoms with Gasteiger partial charge in [0.15, 0.2) is 6.23 Å². The Morgan fingerprint density at radius 1 is 1.47 bits per heavy atom. The van der Waals surface area contributed by atoms with Crippen molar-refractivity contribution in [3.63, 3.8) is 0 Å². The van der Waals surface area contributed by atoms with E-state index in [-0.39, 0.29) is 18.3 Å². The Bertz CT molecular complexity index is 665. The monoisotopic (exact) mass is 267 g/mol. The molecule has 19 heavy (non-hydrogen) atoms. The average molecular weight is 267 g/mol. The normalized spacial score (nSPS) is 27.2. The van der Waals surface area contributed by atoms with Gasteiger partial charge in [-0.05, 0) is 0 Å². The fourth-order valence-electron chi connectivity index (χ4n) is 2.23. The first-order valence-electron chi connectivity index (χ1n) is 5.77. The van der Waals surface area contributed by atoms with Crippen LogP contribution in [-0.4, -0.2) is 48.0 Å². The van der Waals surface area contributed by atoms with Crippen LogP contribution in [0.4, 0.5) is 5.95 Å². The van der Waals surface area contributed by atoms with Crippen LogP contribution < -0.4 is 11.4 Å². The first-order valence-corrected chi connectivity index (χ1v) is 5.77. The van der Waals surface area contributed by atoms with Crippen LogP contribution in [0.25, 0.3) is 5.78 Å². The third kappa shape index (κ3) is 1.87. The van der Waals surface area contributed by atoms with Crippen molar-refractivity contribution in [2.75, 3.05) is 12.3 Å². The molecule has 3 rings (SSSR count). The van der Waals surface area contributed by atoms with Gasteiger partial charge in [-0.3, -0.25) is 4.57 Å². The lowest BCUT2D eigenvalue weighted by Gasteiger charge is -2.16. The molecule has 3 atom stereocenters. The lowest BCUT2D eigenvalue weighted by molar-refractivity contribution is -0.0486. The van der Waals surface area contributed by atoms with Crippen molar-refractivity contribution in [1.82, 2.24) is 18.9 Å². The number of ether oxygens (including phenoxy) is 1. The number of fused-ring (bicyclic) bond motifs is 1. The van der Waals surface area contributed by atoms with Gasteiger partial charge in [-0.15, -0.1) is 0 Å². The summed E-state index contributed by atoms with van der Waals surface area (Å²) in [5.74, 6) is 0.0938. The summed E-state index contributed by atoms with van der Waals surface area (Å²) in [4.78, 5) is 19.1. The van der Waals surface area contributed by atoms with E-state index in [1.807, 2.05) is 0 Å². The molecule has 0 unspecified atom stereocenters. The number of aliphatic hydroxyl groups is 2. The van der Waals surface area contributed by atoms with Gasteiger partial charge in [0, 0.05) is 18.8 Å². The highest BCUT2D eigenvalue weighted by molar-refractivity contribution is 5.34. The highest BCUT2D eigenvalue weighted by Gasteiger charge is 2.35. The maximum atomic E-state index is 11.6. The molecule has 0 amide bonds. The Balaban J connectivity index is 2.09. The molecule has 2 aromatic heterocycles. The standard InChI is InChI=1S/C10H13N5O4/c11-8-12-9-14(1-2-15(9)10(18)13-8)7-6(17)3-5(4-16)19-7/h1-2,5-7,16-17H,3-4H2,(H2,11,13,18)/t5-,6+,7+/m0/s1. The number of aromatic nitrogens is 4. The number of imidazole rings is 1. The van der Waals surface area contributed by atoms with E-state index in [9.17, 15) is 9.90 Å². The third-order valence-electron chi connectivity index (χ3n) is 3.10. The first-order chi connectivity index (χ1) is 9.10. The Morgan fingerprint density at radius 3 is 2.95 bits per heavy atom. The Hall–Kier alpha value is -1.97. The second-order valence-electron chi connectivity index (χ2n) is 4.37. The molecular formula is C10H13N5O4. The van der Waals surface area contributed by atoms with Gasteiger partial charge in [-0.1, -0.05) is 0 Å². The molecule has 1 saturated heterocycles. The zero-order valence-electron chi connectivity index (χ0n) is 9.88. The number of hydrogen-bond acceptors (Lipinski definition) is 7. The lowest BCUT2D eigenvalue weighted by Crippen LogP contribution is -2.23. The van der Waals surface area contributed by atoms with Crippen LogP contribution in [0.1, 0.15) is 12.6 Å². The molecule has 2 aromatic rings. The van der Waals surface area contributed by atoms with Crippen molar-refractivity contribution in [3.8, 4) is 0 Å². The van der Waals surface area contributed by atoms with E-state index in [0.29, 0.717) is 6.42 Å². The van der Waals surface area contributed by atoms with Crippen LogP contribution in [0.3, 0.4) is 0 Å². The van der Waals surface area contributed by atoms with Gasteiger partial charge in [0.2, 0.25) is 11.7 Å². The summed E-state index contributed by atoms with van der Waals surface area (Å²) >= 11 is 0. The van der Waals surface area contributed by atoms with Crippen LogP contribution in [0.2, 0.25) is 0 Å². The van der Waals surface area contributed by atoms with Gasteiger partial charge in [0.25, 0.3) is 0 Å². The van der Waals surface area contributed by atoms with Gasteiger partial charge in [-0.2, -0.15) is 9.97 Å². The van der Waals surface area contributed by atoms with Gasteiger partial charge >= 0.3 is 5.69 Å². The second-order valence-corrected chi connectivity index (χ2v) is 4.37. The molecule has 9 heteroatoms. The third-order valence-corrected chi connectivity index (χ3v) is 3.10. The minimum absolute atomic E-state index is 0.142. The molecule has 1 aliphatic rings. The van der Waals surface area contributed by atoms with Crippen molar-refractivity contribution >= 4 is 11.7 Å². The number of nitrogen functional groups attached to an aromatic ring is 1. The van der Waals surface area contributed by atoms with E-state index < -0.39 is 24.1 Å². The molecule has 102 valence electrons. The maximum Gasteiger partial charge on any atom is 0.357 e. The van der Waals surface area contributed by atoms with Crippen LogP contribution in [0.5, 0.6) is 0 Å². The van der Waals surface area contributed by atoms with E-state index in [4.69, 9.17) is 15.6 Å². The maximum absolute atomic E-state index is 11.6. The van der Waals surface area contributed by atoms with E-state index in [1.165, 1.54) is 15.2 Å². The number of nitrogens with two attached hydrogens (primary N) is 1. The Labute approximate surface area is 106 Å². The summed E-state index contributed by atoms with van der Waals surface area (Å²) in [5.41, 5.74) is 4.90. The number of anilines is 1. The minimum Gasteiger partial charge on any atom is -0.394 e. The van der Waals surface area contributed by atoms with Crippen molar-refractivity contribution < 1.29 is 14.9 Å². The predicted octanol–water partition coefficient (Wildman–Crippen LogP) is -1.89. The van der Waals surface area contributed by atoms with Crippen molar-refractivity contribution in [2.24, 2.45) is 0 Å². The molecule has 0 aromatic carbocycles. The zero-order chi connectivity index (χ0) is 13.6. The molecule has 0 aliphatic carbocycles. The van der Waals surface area contributed by atoms with Crippen LogP contribution in [-0.2, 0) is 4.74 Å². The lowest BCUT2D eigenvalue weighted by atomic mass is 10.2. The summed E-state index contributed by atoms with van der Waals surface area (Å²) in [6, 6.07) is 0. The number of hydrogen-bond donors (Lipinski definition) is 3. The second kappa shape index (κ2) is 4.30. The van der Waals surface area contributed by atoms with Crippen LogP contribution in [0.15, 0.2) is 17.2 Å². The van der Waals surface area contributed by atoms with Crippen LogP contribution in [0, 0.1) is 0 Å². The van der Waals surface area contributed by atoms with E-state index in [0.717, 1.165) is 0 Å². The fraction of sp³-hybridized carbons (Fsp3) is 0.500. The number of rotatable bonds is 2. The van der Waals surface area contributed by atoms with E-state index in [2.05, 4.69) is 9.97 Å². The predicted molar refractivity (Wildman–Crippen MR) is 63.3 cm³/mol. The Kier molecular flexibility index (Phi) is 2.73. The molecular weight excluding hydrogens is 254 g/mol. The Morgan fingerprint density at radius 2 is 2.26 bits per heavy atom. The molecule has 0 saturated carbocycles. The summed E-state index contributed by atoms with van der Waals surface area (Å²) in [6.07, 6.45) is 1.40. The number of nitrogens with zero attached hydrogens (tertiary/aromatic N) is 4. The molecule has 0 spiro atoms. The highest BCUT2D eigenvalue weighted by atomic mass is 16.5. The van der Waals surface area contributed by atoms with Gasteiger partial charge < -0.3 is 20.7 Å². The quantitative estimate of drug-likeness (QED) is 0.580. The highest BCUT2D eigenvalue weighted by Crippen LogP contribution is 2.29. The summed E-state index contributed by atoms with van der Waals surface area (Å²) in [6.45, 7) is -0.177. The SMILES string of the molecule is Nc1nc(=O)n2ccn([C@@H]3O[C@H](CO)C[C@H]3O)c2n1. The summed E-state index contributed by atoms with van der Waals surface area (Å²) in [5, 5.41) is 19.0. The van der Waals surface area contributed by atoms with Crippen molar-refractivity contribution in [2.45, 2.75) is 24.9 Å². The molecule has 1 fully saturated rings. The van der Waals surface area contributed by atoms with Crippen molar-refractivity contribution in [1.29, 1.82) is 0 Å². The summed E-state index contributed by atoms with van der Waals surface area (Å²) in [7, 11) is 0. The molecule has 9 nitrogen and oxygen atoms in total. The van der Waals surface area contributed by atoms with Gasteiger partial charge in [0.1, 0.15) is 6.10 Å². The molecule has 4 N–H and O–H groups in total. The van der Waals surface area contributed by atoms with E-state index >= 15 is 0 Å². The molecule has 0 bridgehead atoms.